The lowest BCUT2D eigenvalue weighted by Gasteiger charge is -2.41. The van der Waals surface area contributed by atoms with E-state index < -0.39 is 5.41 Å². The smallest absolute Gasteiger partial charge is 0.238 e. The fraction of sp³-hybridized carbons (Fsp3) is 0.276. The standard InChI is InChI=1S/C29H26N4OS/c1-20(23-10-11-27-25(16-23)31-19-35-27)32-14-12-29(13-15-32)24-4-2-3-5-26(24)33(28(29)34)18-22-8-6-21(17-30)7-9-22/h2-11,16,19-20H,12-15,18H2,1H3. The molecule has 6 heteroatoms. The van der Waals surface area contributed by atoms with E-state index in [4.69, 9.17) is 5.26 Å². The van der Waals surface area contributed by atoms with Gasteiger partial charge in [-0.15, -0.1) is 11.3 Å². The summed E-state index contributed by atoms with van der Waals surface area (Å²) in [6.07, 6.45) is 1.63. The third-order valence-corrected chi connectivity index (χ3v) is 8.63. The molecule has 174 valence electrons. The number of carbonyl (C=O) groups excluding carboxylic acids is 1. The summed E-state index contributed by atoms with van der Waals surface area (Å²) in [6.45, 7) is 4.53. The molecule has 0 bridgehead atoms. The second kappa shape index (κ2) is 8.60. The van der Waals surface area contributed by atoms with Crippen LogP contribution in [-0.2, 0) is 16.8 Å². The number of aromatic nitrogens is 1. The summed E-state index contributed by atoms with van der Waals surface area (Å²) in [5, 5.41) is 9.10. The first-order valence-electron chi connectivity index (χ1n) is 12.1. The number of likely N-dealkylation sites (tertiary alicyclic amines) is 1. The predicted molar refractivity (Wildman–Crippen MR) is 139 cm³/mol. The number of anilines is 1. The average Bonchev–Trinajstić information content (AvgIpc) is 3.47. The molecule has 1 saturated heterocycles. The lowest BCUT2D eigenvalue weighted by atomic mass is 9.73. The Morgan fingerprint density at radius 2 is 1.86 bits per heavy atom. The Hall–Kier alpha value is -3.53. The van der Waals surface area contributed by atoms with E-state index in [1.807, 2.05) is 40.7 Å². The molecule has 6 rings (SSSR count). The minimum atomic E-state index is -0.460. The van der Waals surface area contributed by atoms with Crippen LogP contribution in [0.2, 0.25) is 0 Å². The number of piperidine rings is 1. The van der Waals surface area contributed by atoms with Crippen LogP contribution in [0.1, 0.15) is 48.1 Å². The van der Waals surface area contributed by atoms with E-state index in [1.165, 1.54) is 10.3 Å². The van der Waals surface area contributed by atoms with E-state index in [0.29, 0.717) is 12.1 Å². The fourth-order valence-electron chi connectivity index (χ4n) is 5.74. The van der Waals surface area contributed by atoms with Gasteiger partial charge in [0.1, 0.15) is 0 Å². The van der Waals surface area contributed by atoms with Gasteiger partial charge in [0, 0.05) is 24.8 Å². The van der Waals surface area contributed by atoms with Gasteiger partial charge < -0.3 is 4.90 Å². The van der Waals surface area contributed by atoms with E-state index in [2.05, 4.69) is 59.3 Å². The third-order valence-electron chi connectivity index (χ3n) is 7.82. The number of rotatable bonds is 4. The Bertz CT molecular complexity index is 1440. The van der Waals surface area contributed by atoms with Crippen molar-refractivity contribution in [2.45, 2.75) is 37.8 Å². The Labute approximate surface area is 209 Å². The van der Waals surface area contributed by atoms with Crippen LogP contribution >= 0.6 is 11.3 Å². The van der Waals surface area contributed by atoms with Crippen molar-refractivity contribution < 1.29 is 4.79 Å². The Kier molecular flexibility index (Phi) is 5.40. The maximum Gasteiger partial charge on any atom is 0.238 e. The zero-order valence-corrected chi connectivity index (χ0v) is 20.5. The van der Waals surface area contributed by atoms with Crippen molar-refractivity contribution in [3.05, 3.63) is 94.5 Å². The van der Waals surface area contributed by atoms with Crippen molar-refractivity contribution in [3.8, 4) is 6.07 Å². The van der Waals surface area contributed by atoms with Gasteiger partial charge in [-0.05, 0) is 66.8 Å². The Balaban J connectivity index is 1.24. The van der Waals surface area contributed by atoms with E-state index in [1.54, 1.807) is 11.3 Å². The number of amides is 1. The first-order chi connectivity index (χ1) is 17.1. The molecule has 1 unspecified atom stereocenters. The number of nitrogens with zero attached hydrogens (tertiary/aromatic N) is 4. The predicted octanol–water partition coefficient (Wildman–Crippen LogP) is 5.81. The van der Waals surface area contributed by atoms with Gasteiger partial charge in [0.2, 0.25) is 5.91 Å². The second-order valence-electron chi connectivity index (χ2n) is 9.59. The molecule has 1 atom stereocenters. The van der Waals surface area contributed by atoms with Gasteiger partial charge in [-0.2, -0.15) is 5.26 Å². The largest absolute Gasteiger partial charge is 0.307 e. The van der Waals surface area contributed by atoms with Crippen molar-refractivity contribution in [2.24, 2.45) is 0 Å². The molecule has 5 nitrogen and oxygen atoms in total. The minimum absolute atomic E-state index is 0.208. The molecule has 2 aliphatic rings. The molecule has 1 spiro atoms. The lowest BCUT2D eigenvalue weighted by molar-refractivity contribution is -0.125. The van der Waals surface area contributed by atoms with Crippen molar-refractivity contribution in [2.75, 3.05) is 18.0 Å². The summed E-state index contributed by atoms with van der Waals surface area (Å²) in [5.41, 5.74) is 7.63. The maximum absolute atomic E-state index is 14.0. The SMILES string of the molecule is CC(c1ccc2scnc2c1)N1CCC2(CC1)C(=O)N(Cc1ccc(C#N)cc1)c1ccccc12. The number of carbonyl (C=O) groups is 1. The number of nitriles is 1. The van der Waals surface area contributed by atoms with Gasteiger partial charge in [-0.3, -0.25) is 9.69 Å². The Morgan fingerprint density at radius 1 is 1.09 bits per heavy atom. The molecule has 0 N–H and O–H groups in total. The third kappa shape index (κ3) is 3.63. The normalized spacial score (nSPS) is 18.1. The van der Waals surface area contributed by atoms with Crippen LogP contribution in [0.25, 0.3) is 10.2 Å². The van der Waals surface area contributed by atoms with Gasteiger partial charge in [-0.1, -0.05) is 36.4 Å². The highest BCUT2D eigenvalue weighted by atomic mass is 32.1. The molecule has 1 fully saturated rings. The number of thiazole rings is 1. The average molecular weight is 479 g/mol. The second-order valence-corrected chi connectivity index (χ2v) is 10.5. The van der Waals surface area contributed by atoms with Crippen molar-refractivity contribution >= 4 is 33.1 Å². The van der Waals surface area contributed by atoms with E-state index in [-0.39, 0.29) is 11.9 Å². The molecule has 2 aliphatic heterocycles. The number of hydrogen-bond acceptors (Lipinski definition) is 5. The molecule has 35 heavy (non-hydrogen) atoms. The highest BCUT2D eigenvalue weighted by Gasteiger charge is 2.52. The molecule has 3 aromatic carbocycles. The highest BCUT2D eigenvalue weighted by molar-refractivity contribution is 7.16. The zero-order chi connectivity index (χ0) is 24.0. The number of para-hydroxylation sites is 1. The summed E-state index contributed by atoms with van der Waals surface area (Å²) in [4.78, 5) is 22.9. The van der Waals surface area contributed by atoms with Gasteiger partial charge in [0.25, 0.3) is 0 Å². The molecule has 4 aromatic rings. The summed E-state index contributed by atoms with van der Waals surface area (Å²) in [6, 6.07) is 24.8. The highest BCUT2D eigenvalue weighted by Crippen LogP contribution is 2.49. The van der Waals surface area contributed by atoms with Crippen molar-refractivity contribution in [3.63, 3.8) is 0 Å². The van der Waals surface area contributed by atoms with Crippen LogP contribution < -0.4 is 4.90 Å². The lowest BCUT2D eigenvalue weighted by Crippen LogP contribution is -2.49. The van der Waals surface area contributed by atoms with Crippen LogP contribution in [0.4, 0.5) is 5.69 Å². The Morgan fingerprint density at radius 3 is 2.63 bits per heavy atom. The zero-order valence-electron chi connectivity index (χ0n) is 19.6. The molecule has 0 saturated carbocycles. The first-order valence-corrected chi connectivity index (χ1v) is 12.9. The topological polar surface area (TPSA) is 60.2 Å². The van der Waals surface area contributed by atoms with Gasteiger partial charge >= 0.3 is 0 Å². The molecule has 0 aliphatic carbocycles. The van der Waals surface area contributed by atoms with Crippen LogP contribution in [-0.4, -0.2) is 28.9 Å². The molecule has 1 amide bonds. The number of hydrogen-bond donors (Lipinski definition) is 0. The van der Waals surface area contributed by atoms with E-state index >= 15 is 0 Å². The quantitative estimate of drug-likeness (QED) is 0.371. The summed E-state index contributed by atoms with van der Waals surface area (Å²) >= 11 is 1.67. The summed E-state index contributed by atoms with van der Waals surface area (Å²) in [5.74, 6) is 0.208. The van der Waals surface area contributed by atoms with Crippen LogP contribution in [0.15, 0.2) is 72.2 Å². The number of fused-ring (bicyclic) bond motifs is 3. The van der Waals surface area contributed by atoms with Crippen LogP contribution in [0, 0.1) is 11.3 Å². The van der Waals surface area contributed by atoms with Crippen molar-refractivity contribution in [1.29, 1.82) is 5.26 Å². The monoisotopic (exact) mass is 478 g/mol. The van der Waals surface area contributed by atoms with E-state index in [9.17, 15) is 4.79 Å². The van der Waals surface area contributed by atoms with Gasteiger partial charge in [0.05, 0.1) is 39.3 Å². The summed E-state index contributed by atoms with van der Waals surface area (Å²) in [7, 11) is 0. The molecule has 3 heterocycles. The molecular weight excluding hydrogens is 452 g/mol. The minimum Gasteiger partial charge on any atom is -0.307 e. The van der Waals surface area contributed by atoms with Gasteiger partial charge in [0.15, 0.2) is 0 Å². The molecule has 0 radical (unpaired) electrons. The number of benzene rings is 3. The van der Waals surface area contributed by atoms with Gasteiger partial charge in [-0.25, -0.2) is 4.98 Å². The summed E-state index contributed by atoms with van der Waals surface area (Å²) < 4.78 is 1.22. The molecule has 1 aromatic heterocycles. The fourth-order valence-corrected chi connectivity index (χ4v) is 6.40. The van der Waals surface area contributed by atoms with E-state index in [0.717, 1.165) is 48.3 Å². The van der Waals surface area contributed by atoms with Crippen LogP contribution in [0.5, 0.6) is 0 Å². The first kappa shape index (κ1) is 22.0. The molecular formula is C29H26N4OS. The maximum atomic E-state index is 14.0. The van der Waals surface area contributed by atoms with Crippen LogP contribution in [0.3, 0.4) is 0 Å². The van der Waals surface area contributed by atoms with Crippen molar-refractivity contribution in [1.82, 2.24) is 9.88 Å².